The third-order valence-electron chi connectivity index (χ3n) is 4.69. The Bertz CT molecular complexity index is 698. The number of thiazole rings is 1. The van der Waals surface area contributed by atoms with Gasteiger partial charge < -0.3 is 5.11 Å². The standard InChI is InChI=1S/C14H20N2O4S2/c1-8-14(21-9(2)15-8)22(19,20)16-11-6-4-3-5-10(11)7-12(16)13(17)18/h10-12H,3-7H2,1-2H3,(H,17,18). The first-order chi connectivity index (χ1) is 10.3. The van der Waals surface area contributed by atoms with Crippen LogP contribution in [0, 0.1) is 19.8 Å². The maximum atomic E-state index is 13.1. The van der Waals surface area contributed by atoms with Gasteiger partial charge in [0.25, 0.3) is 10.0 Å². The zero-order valence-electron chi connectivity index (χ0n) is 12.7. The lowest BCUT2D eigenvalue weighted by molar-refractivity contribution is -0.141. The van der Waals surface area contributed by atoms with Crippen molar-refractivity contribution in [1.29, 1.82) is 0 Å². The Morgan fingerprint density at radius 2 is 2.00 bits per heavy atom. The lowest BCUT2D eigenvalue weighted by Gasteiger charge is -2.31. The smallest absolute Gasteiger partial charge is 0.322 e. The number of fused-ring (bicyclic) bond motifs is 1. The van der Waals surface area contributed by atoms with Crippen molar-refractivity contribution in [3.8, 4) is 0 Å². The van der Waals surface area contributed by atoms with Crippen LogP contribution in [-0.2, 0) is 14.8 Å². The molecular formula is C14H20N2O4S2. The number of nitrogens with zero attached hydrogens (tertiary/aromatic N) is 2. The topological polar surface area (TPSA) is 87.6 Å². The second kappa shape index (κ2) is 5.58. The van der Waals surface area contributed by atoms with E-state index in [0.717, 1.165) is 37.0 Å². The summed E-state index contributed by atoms with van der Waals surface area (Å²) in [5.41, 5.74) is 0.464. The Kier molecular flexibility index (Phi) is 4.03. The maximum Gasteiger partial charge on any atom is 0.322 e. The van der Waals surface area contributed by atoms with Crippen molar-refractivity contribution in [1.82, 2.24) is 9.29 Å². The van der Waals surface area contributed by atoms with Crippen LogP contribution in [0.25, 0.3) is 0 Å². The number of hydrogen-bond donors (Lipinski definition) is 1. The molecule has 0 aromatic carbocycles. The van der Waals surface area contributed by atoms with Gasteiger partial charge >= 0.3 is 5.97 Å². The minimum atomic E-state index is -3.80. The number of hydrogen-bond acceptors (Lipinski definition) is 5. The molecule has 3 unspecified atom stereocenters. The molecule has 1 N–H and O–H groups in total. The zero-order chi connectivity index (χ0) is 16.1. The van der Waals surface area contributed by atoms with E-state index in [9.17, 15) is 18.3 Å². The molecule has 1 aliphatic heterocycles. The molecule has 1 aromatic heterocycles. The fourth-order valence-electron chi connectivity index (χ4n) is 3.82. The van der Waals surface area contributed by atoms with E-state index in [1.165, 1.54) is 4.31 Å². The molecule has 3 rings (SSSR count). The lowest BCUT2D eigenvalue weighted by atomic mass is 9.85. The van der Waals surface area contributed by atoms with Crippen LogP contribution in [0.1, 0.15) is 42.8 Å². The molecule has 0 spiro atoms. The highest BCUT2D eigenvalue weighted by molar-refractivity contribution is 7.91. The van der Waals surface area contributed by atoms with Gasteiger partial charge in [0, 0.05) is 6.04 Å². The summed E-state index contributed by atoms with van der Waals surface area (Å²) in [5.74, 6) is -0.879. The first kappa shape index (κ1) is 15.9. The van der Waals surface area contributed by atoms with Crippen LogP contribution < -0.4 is 0 Å². The quantitative estimate of drug-likeness (QED) is 0.908. The molecule has 1 saturated heterocycles. The number of carboxylic acids is 1. The van der Waals surface area contributed by atoms with Crippen LogP contribution in [0.4, 0.5) is 0 Å². The average molecular weight is 344 g/mol. The highest BCUT2D eigenvalue weighted by atomic mass is 32.2. The Morgan fingerprint density at radius 3 is 2.59 bits per heavy atom. The van der Waals surface area contributed by atoms with Gasteiger partial charge in [0.2, 0.25) is 0 Å². The number of carboxylic acid groups (broad SMARTS) is 1. The number of aryl methyl sites for hydroxylation is 2. The molecule has 3 atom stereocenters. The summed E-state index contributed by atoms with van der Waals surface area (Å²) >= 11 is 1.13. The minimum absolute atomic E-state index is 0.166. The van der Waals surface area contributed by atoms with E-state index < -0.39 is 22.0 Å². The zero-order valence-corrected chi connectivity index (χ0v) is 14.3. The molecule has 2 heterocycles. The van der Waals surface area contributed by atoms with Crippen molar-refractivity contribution in [2.75, 3.05) is 0 Å². The molecule has 1 saturated carbocycles. The highest BCUT2D eigenvalue weighted by Gasteiger charge is 2.51. The largest absolute Gasteiger partial charge is 0.480 e. The van der Waals surface area contributed by atoms with E-state index in [-0.39, 0.29) is 16.2 Å². The van der Waals surface area contributed by atoms with Gasteiger partial charge in [-0.3, -0.25) is 4.79 Å². The average Bonchev–Trinajstić information content (AvgIpc) is 2.99. The number of carbonyl (C=O) groups is 1. The Labute approximate surface area is 134 Å². The molecule has 0 amide bonds. The molecule has 122 valence electrons. The Balaban J connectivity index is 2.06. The normalized spacial score (nSPS) is 29.5. The second-order valence-corrected chi connectivity index (χ2v) is 9.38. The number of rotatable bonds is 3. The maximum absolute atomic E-state index is 13.1. The van der Waals surface area contributed by atoms with Gasteiger partial charge in [-0.25, -0.2) is 13.4 Å². The predicted octanol–water partition coefficient (Wildman–Crippen LogP) is 2.17. The Hall–Kier alpha value is -0.990. The van der Waals surface area contributed by atoms with Crippen LogP contribution in [0.2, 0.25) is 0 Å². The van der Waals surface area contributed by atoms with Crippen LogP contribution in [0.15, 0.2) is 4.21 Å². The lowest BCUT2D eigenvalue weighted by Crippen LogP contribution is -2.46. The molecular weight excluding hydrogens is 324 g/mol. The molecule has 2 fully saturated rings. The van der Waals surface area contributed by atoms with Crippen molar-refractivity contribution in [3.63, 3.8) is 0 Å². The molecule has 0 radical (unpaired) electrons. The first-order valence-electron chi connectivity index (χ1n) is 7.52. The van der Waals surface area contributed by atoms with Crippen molar-refractivity contribution in [3.05, 3.63) is 10.7 Å². The summed E-state index contributed by atoms with van der Waals surface area (Å²) < 4.78 is 27.6. The van der Waals surface area contributed by atoms with E-state index in [0.29, 0.717) is 17.1 Å². The van der Waals surface area contributed by atoms with E-state index in [1.54, 1.807) is 13.8 Å². The Morgan fingerprint density at radius 1 is 1.32 bits per heavy atom. The molecule has 0 bridgehead atoms. The van der Waals surface area contributed by atoms with E-state index >= 15 is 0 Å². The summed E-state index contributed by atoms with van der Waals surface area (Å²) in [6.45, 7) is 3.43. The molecule has 22 heavy (non-hydrogen) atoms. The van der Waals surface area contributed by atoms with Gasteiger partial charge in [-0.2, -0.15) is 4.31 Å². The highest BCUT2D eigenvalue weighted by Crippen LogP contribution is 2.43. The van der Waals surface area contributed by atoms with Crippen LogP contribution in [-0.4, -0.2) is 40.9 Å². The van der Waals surface area contributed by atoms with Gasteiger partial charge in [-0.15, -0.1) is 11.3 Å². The SMILES string of the molecule is Cc1nc(C)c(S(=O)(=O)N2C(C(=O)O)CC3CCCCC32)s1. The monoisotopic (exact) mass is 344 g/mol. The number of aromatic nitrogens is 1. The predicted molar refractivity (Wildman–Crippen MR) is 82.4 cm³/mol. The first-order valence-corrected chi connectivity index (χ1v) is 9.78. The fourth-order valence-corrected chi connectivity index (χ4v) is 7.26. The summed E-state index contributed by atoms with van der Waals surface area (Å²) in [6.07, 6.45) is 4.11. The minimum Gasteiger partial charge on any atom is -0.480 e. The second-order valence-electron chi connectivity index (χ2n) is 6.14. The summed E-state index contributed by atoms with van der Waals surface area (Å²) in [7, 11) is -3.80. The molecule has 2 aliphatic rings. The van der Waals surface area contributed by atoms with Crippen molar-refractivity contribution in [2.45, 2.75) is 62.2 Å². The molecule has 1 aliphatic carbocycles. The molecule has 6 nitrogen and oxygen atoms in total. The van der Waals surface area contributed by atoms with Gasteiger partial charge in [-0.1, -0.05) is 12.8 Å². The van der Waals surface area contributed by atoms with E-state index in [2.05, 4.69) is 4.98 Å². The van der Waals surface area contributed by atoms with E-state index in [1.807, 2.05) is 0 Å². The van der Waals surface area contributed by atoms with Crippen LogP contribution in [0.3, 0.4) is 0 Å². The van der Waals surface area contributed by atoms with Crippen molar-refractivity contribution < 1.29 is 18.3 Å². The molecule has 8 heteroatoms. The van der Waals surface area contributed by atoms with Gasteiger partial charge in [0.15, 0.2) is 4.21 Å². The third-order valence-corrected chi connectivity index (χ3v) is 8.28. The number of sulfonamides is 1. The summed E-state index contributed by atoms with van der Waals surface area (Å²) in [4.78, 5) is 15.8. The van der Waals surface area contributed by atoms with Crippen molar-refractivity contribution >= 4 is 27.3 Å². The van der Waals surface area contributed by atoms with Gasteiger partial charge in [0.05, 0.1) is 10.7 Å². The summed E-state index contributed by atoms with van der Waals surface area (Å²) in [6, 6.07) is -1.12. The number of aliphatic carboxylic acids is 1. The van der Waals surface area contributed by atoms with Gasteiger partial charge in [0.1, 0.15) is 6.04 Å². The van der Waals surface area contributed by atoms with Crippen LogP contribution in [0.5, 0.6) is 0 Å². The van der Waals surface area contributed by atoms with Crippen molar-refractivity contribution in [2.24, 2.45) is 5.92 Å². The summed E-state index contributed by atoms with van der Waals surface area (Å²) in [5, 5.41) is 10.2. The molecule has 1 aromatic rings. The third kappa shape index (κ3) is 2.47. The van der Waals surface area contributed by atoms with E-state index in [4.69, 9.17) is 0 Å². The fraction of sp³-hybridized carbons (Fsp3) is 0.714. The van der Waals surface area contributed by atoms with Gasteiger partial charge in [-0.05, 0) is 39.0 Å². The van der Waals surface area contributed by atoms with Crippen LogP contribution >= 0.6 is 11.3 Å².